The molecule has 2 aliphatic rings. The van der Waals surface area contributed by atoms with Crippen LogP contribution in [0.4, 0.5) is 4.39 Å². The van der Waals surface area contributed by atoms with Gasteiger partial charge in [0.25, 0.3) is 5.91 Å². The van der Waals surface area contributed by atoms with Gasteiger partial charge in [0.15, 0.2) is 11.5 Å². The SMILES string of the molecule is O=C(c1ccc2c(c1)OCO2)N1CCC[C@@H]1c1cccc(F)c1. The lowest BCUT2D eigenvalue weighted by Crippen LogP contribution is -2.30. The Kier molecular flexibility index (Phi) is 3.41. The first kappa shape index (κ1) is 14.1. The molecule has 23 heavy (non-hydrogen) atoms. The van der Waals surface area contributed by atoms with Gasteiger partial charge in [-0.25, -0.2) is 4.39 Å². The number of amides is 1. The second kappa shape index (κ2) is 5.57. The van der Waals surface area contributed by atoms with Crippen LogP contribution in [-0.4, -0.2) is 24.1 Å². The summed E-state index contributed by atoms with van der Waals surface area (Å²) in [5, 5.41) is 0. The molecule has 1 saturated heterocycles. The molecular formula is C18H16FNO3. The van der Waals surface area contributed by atoms with Crippen molar-refractivity contribution in [3.63, 3.8) is 0 Å². The summed E-state index contributed by atoms with van der Waals surface area (Å²) in [6.45, 7) is 0.858. The zero-order chi connectivity index (χ0) is 15.8. The first-order valence-corrected chi connectivity index (χ1v) is 7.68. The molecule has 0 saturated carbocycles. The van der Waals surface area contributed by atoms with Crippen molar-refractivity contribution in [3.05, 3.63) is 59.4 Å². The van der Waals surface area contributed by atoms with Crippen LogP contribution in [0, 0.1) is 5.82 Å². The fraction of sp³-hybridized carbons (Fsp3) is 0.278. The van der Waals surface area contributed by atoms with Crippen LogP contribution in [0.1, 0.15) is 34.8 Å². The third kappa shape index (κ3) is 2.52. The zero-order valence-electron chi connectivity index (χ0n) is 12.5. The van der Waals surface area contributed by atoms with Crippen LogP contribution in [0.3, 0.4) is 0 Å². The molecule has 5 heteroatoms. The fourth-order valence-corrected chi connectivity index (χ4v) is 3.27. The lowest BCUT2D eigenvalue weighted by atomic mass is 10.0. The maximum Gasteiger partial charge on any atom is 0.254 e. The Morgan fingerprint density at radius 3 is 2.87 bits per heavy atom. The predicted molar refractivity (Wildman–Crippen MR) is 82.0 cm³/mol. The monoisotopic (exact) mass is 313 g/mol. The summed E-state index contributed by atoms with van der Waals surface area (Å²) >= 11 is 0. The summed E-state index contributed by atoms with van der Waals surface area (Å²) in [5.74, 6) is 0.918. The molecule has 4 nitrogen and oxygen atoms in total. The number of nitrogens with zero attached hydrogens (tertiary/aromatic N) is 1. The van der Waals surface area contributed by atoms with Gasteiger partial charge in [-0.15, -0.1) is 0 Å². The molecule has 2 aliphatic heterocycles. The summed E-state index contributed by atoms with van der Waals surface area (Å²) in [7, 11) is 0. The number of rotatable bonds is 2. The van der Waals surface area contributed by atoms with Gasteiger partial charge in [-0.1, -0.05) is 12.1 Å². The minimum Gasteiger partial charge on any atom is -0.454 e. The van der Waals surface area contributed by atoms with Crippen LogP contribution in [-0.2, 0) is 0 Å². The van der Waals surface area contributed by atoms with E-state index in [1.54, 1.807) is 24.3 Å². The van der Waals surface area contributed by atoms with Crippen molar-refractivity contribution in [2.24, 2.45) is 0 Å². The van der Waals surface area contributed by atoms with Gasteiger partial charge in [0.2, 0.25) is 6.79 Å². The number of hydrogen-bond acceptors (Lipinski definition) is 3. The third-order valence-corrected chi connectivity index (χ3v) is 4.37. The molecule has 1 amide bonds. The first-order chi connectivity index (χ1) is 11.2. The maximum absolute atomic E-state index is 13.5. The summed E-state index contributed by atoms with van der Waals surface area (Å²) in [4.78, 5) is 14.7. The lowest BCUT2D eigenvalue weighted by Gasteiger charge is -2.25. The molecular weight excluding hydrogens is 297 g/mol. The highest BCUT2D eigenvalue weighted by Gasteiger charge is 2.31. The van der Waals surface area contributed by atoms with Crippen molar-refractivity contribution in [2.45, 2.75) is 18.9 Å². The quantitative estimate of drug-likeness (QED) is 0.851. The average molecular weight is 313 g/mol. The van der Waals surface area contributed by atoms with Gasteiger partial charge in [-0.05, 0) is 48.7 Å². The maximum atomic E-state index is 13.5. The number of carbonyl (C=O) groups excluding carboxylic acids is 1. The first-order valence-electron chi connectivity index (χ1n) is 7.68. The fourth-order valence-electron chi connectivity index (χ4n) is 3.27. The minimum atomic E-state index is -0.273. The van der Waals surface area contributed by atoms with E-state index in [1.165, 1.54) is 12.1 Å². The van der Waals surface area contributed by atoms with E-state index in [-0.39, 0.29) is 24.6 Å². The Balaban J connectivity index is 1.62. The van der Waals surface area contributed by atoms with Gasteiger partial charge in [0.05, 0.1) is 6.04 Å². The second-order valence-electron chi connectivity index (χ2n) is 5.78. The van der Waals surface area contributed by atoms with Crippen LogP contribution in [0.2, 0.25) is 0 Å². The van der Waals surface area contributed by atoms with E-state index in [4.69, 9.17) is 9.47 Å². The number of fused-ring (bicyclic) bond motifs is 1. The van der Waals surface area contributed by atoms with Crippen molar-refractivity contribution in [2.75, 3.05) is 13.3 Å². The van der Waals surface area contributed by atoms with Crippen LogP contribution in [0.15, 0.2) is 42.5 Å². The standard InChI is InChI=1S/C18H16FNO3/c19-14-4-1-3-12(9-14)15-5-2-8-20(15)18(21)13-6-7-16-17(10-13)23-11-22-16/h1,3-4,6-7,9-10,15H,2,5,8,11H2/t15-/m1/s1. The largest absolute Gasteiger partial charge is 0.454 e. The van der Waals surface area contributed by atoms with Crippen molar-refractivity contribution in [1.82, 2.24) is 4.90 Å². The molecule has 4 rings (SSSR count). The average Bonchev–Trinajstić information content (AvgIpc) is 3.22. The molecule has 118 valence electrons. The van der Waals surface area contributed by atoms with Crippen LogP contribution < -0.4 is 9.47 Å². The molecule has 0 N–H and O–H groups in total. The summed E-state index contributed by atoms with van der Waals surface area (Å²) < 4.78 is 24.1. The second-order valence-corrected chi connectivity index (χ2v) is 5.78. The molecule has 0 aromatic heterocycles. The lowest BCUT2D eigenvalue weighted by molar-refractivity contribution is 0.0735. The van der Waals surface area contributed by atoms with Crippen LogP contribution >= 0.6 is 0 Å². The Hall–Kier alpha value is -2.56. The van der Waals surface area contributed by atoms with Gasteiger partial charge in [-0.3, -0.25) is 4.79 Å². The number of halogens is 1. The van der Waals surface area contributed by atoms with Gasteiger partial charge in [-0.2, -0.15) is 0 Å². The van der Waals surface area contributed by atoms with Gasteiger partial charge >= 0.3 is 0 Å². The Labute approximate surface area is 133 Å². The molecule has 1 fully saturated rings. The van der Waals surface area contributed by atoms with E-state index in [1.807, 2.05) is 11.0 Å². The Morgan fingerprint density at radius 1 is 1.13 bits per heavy atom. The number of hydrogen-bond donors (Lipinski definition) is 0. The van der Waals surface area contributed by atoms with Crippen molar-refractivity contribution in [3.8, 4) is 11.5 Å². The van der Waals surface area contributed by atoms with Crippen LogP contribution in [0.5, 0.6) is 11.5 Å². The molecule has 0 aliphatic carbocycles. The topological polar surface area (TPSA) is 38.8 Å². The van der Waals surface area contributed by atoms with Gasteiger partial charge in [0, 0.05) is 12.1 Å². The highest BCUT2D eigenvalue weighted by Crippen LogP contribution is 2.36. The van der Waals surface area contributed by atoms with E-state index < -0.39 is 0 Å². The van der Waals surface area contributed by atoms with E-state index in [2.05, 4.69) is 0 Å². The predicted octanol–water partition coefficient (Wildman–Crippen LogP) is 3.53. The summed E-state index contributed by atoms with van der Waals surface area (Å²) in [6.07, 6.45) is 1.76. The zero-order valence-corrected chi connectivity index (χ0v) is 12.5. The number of benzene rings is 2. The Morgan fingerprint density at radius 2 is 2.00 bits per heavy atom. The number of carbonyl (C=O) groups is 1. The molecule has 0 unspecified atom stereocenters. The van der Waals surface area contributed by atoms with Crippen molar-refractivity contribution in [1.29, 1.82) is 0 Å². The Bertz CT molecular complexity index is 762. The van der Waals surface area contributed by atoms with Crippen molar-refractivity contribution >= 4 is 5.91 Å². The van der Waals surface area contributed by atoms with E-state index in [0.29, 0.717) is 23.6 Å². The molecule has 2 aromatic carbocycles. The van der Waals surface area contributed by atoms with Crippen molar-refractivity contribution < 1.29 is 18.7 Å². The number of ether oxygens (including phenoxy) is 2. The third-order valence-electron chi connectivity index (χ3n) is 4.37. The smallest absolute Gasteiger partial charge is 0.254 e. The van der Waals surface area contributed by atoms with E-state index >= 15 is 0 Å². The minimum absolute atomic E-state index is 0.0601. The summed E-state index contributed by atoms with van der Waals surface area (Å²) in [6, 6.07) is 11.6. The molecule has 2 aromatic rings. The van der Waals surface area contributed by atoms with Crippen LogP contribution in [0.25, 0.3) is 0 Å². The van der Waals surface area contributed by atoms with Gasteiger partial charge in [0.1, 0.15) is 5.82 Å². The van der Waals surface area contributed by atoms with E-state index in [0.717, 1.165) is 18.4 Å². The highest BCUT2D eigenvalue weighted by molar-refractivity contribution is 5.95. The highest BCUT2D eigenvalue weighted by atomic mass is 19.1. The molecule has 0 radical (unpaired) electrons. The normalized spacial score (nSPS) is 19.2. The van der Waals surface area contributed by atoms with Gasteiger partial charge < -0.3 is 14.4 Å². The van der Waals surface area contributed by atoms with E-state index in [9.17, 15) is 9.18 Å². The molecule has 1 atom stereocenters. The summed E-state index contributed by atoms with van der Waals surface area (Å²) in [5.41, 5.74) is 1.41. The molecule has 0 spiro atoms. The molecule has 0 bridgehead atoms. The molecule has 2 heterocycles. The number of likely N-dealkylation sites (tertiary alicyclic amines) is 1.